The molecular formula is C14H16BrN3O2. The number of hydrogen-bond acceptors (Lipinski definition) is 5. The second-order valence-electron chi connectivity index (χ2n) is 4.87. The monoisotopic (exact) mass is 337 g/mol. The van der Waals surface area contributed by atoms with Gasteiger partial charge in [-0.25, -0.2) is 0 Å². The lowest BCUT2D eigenvalue weighted by Crippen LogP contribution is -2.08. The summed E-state index contributed by atoms with van der Waals surface area (Å²) in [4.78, 5) is 4.46. The molecule has 1 saturated carbocycles. The lowest BCUT2D eigenvalue weighted by atomic mass is 10.2. The van der Waals surface area contributed by atoms with Gasteiger partial charge in [-0.3, -0.25) is 0 Å². The standard InChI is InChI=1S/C14H16BrN3O2/c1-2-19-12(8-6-7-8)13-17-14(20-18-13)9-4-3-5-10(15)11(9)16/h3-5,8,12H,2,6-7,16H2,1H3. The molecule has 1 fully saturated rings. The van der Waals surface area contributed by atoms with Crippen molar-refractivity contribution in [3.05, 3.63) is 28.5 Å². The maximum atomic E-state index is 6.02. The maximum Gasteiger partial charge on any atom is 0.260 e. The van der Waals surface area contributed by atoms with Crippen LogP contribution in [0.3, 0.4) is 0 Å². The highest BCUT2D eigenvalue weighted by atomic mass is 79.9. The van der Waals surface area contributed by atoms with Crippen molar-refractivity contribution in [1.82, 2.24) is 10.1 Å². The van der Waals surface area contributed by atoms with Crippen LogP contribution in [0, 0.1) is 5.92 Å². The van der Waals surface area contributed by atoms with Gasteiger partial charge >= 0.3 is 0 Å². The molecule has 2 N–H and O–H groups in total. The lowest BCUT2D eigenvalue weighted by molar-refractivity contribution is 0.0385. The number of rotatable bonds is 5. The highest BCUT2D eigenvalue weighted by Crippen LogP contribution is 2.43. The first kappa shape index (κ1) is 13.6. The van der Waals surface area contributed by atoms with Crippen molar-refractivity contribution in [2.24, 2.45) is 5.92 Å². The smallest absolute Gasteiger partial charge is 0.260 e. The van der Waals surface area contributed by atoms with Gasteiger partial charge in [-0.15, -0.1) is 0 Å². The largest absolute Gasteiger partial charge is 0.397 e. The number of benzene rings is 1. The van der Waals surface area contributed by atoms with Gasteiger partial charge in [-0.2, -0.15) is 4.98 Å². The maximum absolute atomic E-state index is 6.02. The zero-order valence-corrected chi connectivity index (χ0v) is 12.8. The molecule has 20 heavy (non-hydrogen) atoms. The second-order valence-corrected chi connectivity index (χ2v) is 5.73. The van der Waals surface area contributed by atoms with Gasteiger partial charge in [0.2, 0.25) is 5.82 Å². The number of halogens is 1. The predicted octanol–water partition coefficient (Wildman–Crippen LogP) is 3.57. The second kappa shape index (κ2) is 5.54. The quantitative estimate of drug-likeness (QED) is 0.844. The van der Waals surface area contributed by atoms with Gasteiger partial charge in [0.05, 0.1) is 11.3 Å². The molecule has 1 heterocycles. The van der Waals surface area contributed by atoms with Crippen LogP contribution in [0.1, 0.15) is 31.7 Å². The first-order valence-electron chi connectivity index (χ1n) is 6.70. The van der Waals surface area contributed by atoms with Crippen LogP contribution in [0.5, 0.6) is 0 Å². The van der Waals surface area contributed by atoms with E-state index in [1.54, 1.807) is 0 Å². The minimum absolute atomic E-state index is 0.0640. The van der Waals surface area contributed by atoms with Crippen LogP contribution < -0.4 is 5.73 Å². The van der Waals surface area contributed by atoms with Gasteiger partial charge in [-0.1, -0.05) is 11.2 Å². The summed E-state index contributed by atoms with van der Waals surface area (Å²) in [5.74, 6) is 1.56. The van der Waals surface area contributed by atoms with E-state index in [0.29, 0.717) is 29.9 Å². The van der Waals surface area contributed by atoms with Gasteiger partial charge in [0.15, 0.2) is 0 Å². The van der Waals surface area contributed by atoms with Crippen molar-refractivity contribution in [2.75, 3.05) is 12.3 Å². The van der Waals surface area contributed by atoms with E-state index >= 15 is 0 Å². The zero-order chi connectivity index (χ0) is 14.1. The molecule has 1 aromatic carbocycles. The van der Waals surface area contributed by atoms with Crippen molar-refractivity contribution in [3.63, 3.8) is 0 Å². The average molecular weight is 338 g/mol. The van der Waals surface area contributed by atoms with Crippen LogP contribution in [0.25, 0.3) is 11.5 Å². The Bertz CT molecular complexity index is 610. The number of aromatic nitrogens is 2. The van der Waals surface area contributed by atoms with E-state index in [1.807, 2.05) is 25.1 Å². The highest BCUT2D eigenvalue weighted by Gasteiger charge is 2.36. The fraction of sp³-hybridized carbons (Fsp3) is 0.429. The Labute approximate surface area is 125 Å². The molecule has 106 valence electrons. The van der Waals surface area contributed by atoms with Gasteiger partial charge in [-0.05, 0) is 53.7 Å². The summed E-state index contributed by atoms with van der Waals surface area (Å²) < 4.78 is 11.9. The van der Waals surface area contributed by atoms with Gasteiger partial charge in [0.25, 0.3) is 5.89 Å². The number of anilines is 1. The summed E-state index contributed by atoms with van der Waals surface area (Å²) in [5, 5.41) is 4.06. The molecule has 6 heteroatoms. The summed E-state index contributed by atoms with van der Waals surface area (Å²) in [7, 11) is 0. The van der Waals surface area contributed by atoms with Crippen molar-refractivity contribution in [1.29, 1.82) is 0 Å². The highest BCUT2D eigenvalue weighted by molar-refractivity contribution is 9.10. The Morgan fingerprint density at radius 3 is 3.00 bits per heavy atom. The molecule has 1 unspecified atom stereocenters. The summed E-state index contributed by atoms with van der Waals surface area (Å²) in [6.45, 7) is 2.62. The molecule has 1 aromatic heterocycles. The molecule has 0 bridgehead atoms. The van der Waals surface area contributed by atoms with Crippen molar-refractivity contribution < 1.29 is 9.26 Å². The van der Waals surface area contributed by atoms with Gasteiger partial charge < -0.3 is 15.0 Å². The summed E-state index contributed by atoms with van der Waals surface area (Å²) >= 11 is 3.40. The molecule has 5 nitrogen and oxygen atoms in total. The number of nitrogen functional groups attached to an aromatic ring is 1. The number of nitrogens with two attached hydrogens (primary N) is 1. The Hall–Kier alpha value is -1.40. The normalized spacial score (nSPS) is 16.3. The van der Waals surface area contributed by atoms with Crippen LogP contribution in [-0.2, 0) is 4.74 Å². The molecule has 0 spiro atoms. The average Bonchev–Trinajstić information content (AvgIpc) is 3.17. The van der Waals surface area contributed by atoms with E-state index in [9.17, 15) is 0 Å². The molecule has 2 aromatic rings. The fourth-order valence-corrected chi connectivity index (χ4v) is 2.55. The molecular weight excluding hydrogens is 322 g/mol. The number of nitrogens with zero attached hydrogens (tertiary/aromatic N) is 2. The summed E-state index contributed by atoms with van der Waals surface area (Å²) in [5.41, 5.74) is 7.36. The van der Waals surface area contributed by atoms with Crippen LogP contribution in [0.15, 0.2) is 27.2 Å². The lowest BCUT2D eigenvalue weighted by Gasteiger charge is -2.11. The van der Waals surface area contributed by atoms with E-state index in [0.717, 1.165) is 22.9 Å². The van der Waals surface area contributed by atoms with Crippen molar-refractivity contribution in [3.8, 4) is 11.5 Å². The zero-order valence-electron chi connectivity index (χ0n) is 11.2. The summed E-state index contributed by atoms with van der Waals surface area (Å²) in [6, 6.07) is 5.63. The molecule has 1 atom stereocenters. The summed E-state index contributed by atoms with van der Waals surface area (Å²) in [6.07, 6.45) is 2.26. The van der Waals surface area contributed by atoms with E-state index < -0.39 is 0 Å². The number of ether oxygens (including phenoxy) is 1. The van der Waals surface area contributed by atoms with Crippen LogP contribution in [0.2, 0.25) is 0 Å². The SMILES string of the molecule is CCOC(c1noc(-c2cccc(Br)c2N)n1)C1CC1. The van der Waals surface area contributed by atoms with E-state index in [4.69, 9.17) is 15.0 Å². The van der Waals surface area contributed by atoms with Crippen LogP contribution >= 0.6 is 15.9 Å². The number of hydrogen-bond donors (Lipinski definition) is 1. The van der Waals surface area contributed by atoms with Crippen LogP contribution in [0.4, 0.5) is 5.69 Å². The van der Waals surface area contributed by atoms with Gasteiger partial charge in [0, 0.05) is 11.1 Å². The Morgan fingerprint density at radius 2 is 2.30 bits per heavy atom. The minimum atomic E-state index is -0.0640. The third-order valence-corrected chi connectivity index (χ3v) is 4.07. The Kier molecular flexibility index (Phi) is 3.76. The molecule has 1 aliphatic carbocycles. The minimum Gasteiger partial charge on any atom is -0.397 e. The molecule has 0 saturated heterocycles. The third kappa shape index (κ3) is 2.58. The predicted molar refractivity (Wildman–Crippen MR) is 78.9 cm³/mol. The first-order chi connectivity index (χ1) is 9.70. The first-order valence-corrected chi connectivity index (χ1v) is 7.49. The number of para-hydroxylation sites is 1. The molecule has 0 radical (unpaired) electrons. The fourth-order valence-electron chi connectivity index (χ4n) is 2.18. The Balaban J connectivity index is 1.91. The topological polar surface area (TPSA) is 74.2 Å². The van der Waals surface area contributed by atoms with Gasteiger partial charge in [0.1, 0.15) is 6.10 Å². The molecule has 1 aliphatic rings. The molecule has 0 amide bonds. The van der Waals surface area contributed by atoms with E-state index in [2.05, 4.69) is 26.1 Å². The van der Waals surface area contributed by atoms with Crippen molar-refractivity contribution in [2.45, 2.75) is 25.9 Å². The third-order valence-electron chi connectivity index (χ3n) is 3.38. The molecule has 0 aliphatic heterocycles. The Morgan fingerprint density at radius 1 is 1.50 bits per heavy atom. The van der Waals surface area contributed by atoms with E-state index in [1.165, 1.54) is 0 Å². The van der Waals surface area contributed by atoms with Crippen LogP contribution in [-0.4, -0.2) is 16.7 Å². The molecule has 3 rings (SSSR count). The van der Waals surface area contributed by atoms with E-state index in [-0.39, 0.29) is 6.10 Å². The van der Waals surface area contributed by atoms with Crippen molar-refractivity contribution >= 4 is 21.6 Å².